The molecule has 0 aliphatic heterocycles. The molecule has 2 atom stereocenters. The van der Waals surface area contributed by atoms with Crippen LogP contribution < -0.4 is 0 Å². The van der Waals surface area contributed by atoms with Crippen LogP contribution in [0.3, 0.4) is 0 Å². The van der Waals surface area contributed by atoms with Crippen molar-refractivity contribution >= 4 is 5.97 Å². The van der Waals surface area contributed by atoms with Gasteiger partial charge >= 0.3 is 5.97 Å². The minimum Gasteiger partial charge on any atom is -0.481 e. The summed E-state index contributed by atoms with van der Waals surface area (Å²) in [6, 6.07) is 0. The Bertz CT molecular complexity index is 322. The van der Waals surface area contributed by atoms with Crippen LogP contribution in [0.1, 0.15) is 92.9 Å². The number of aliphatic carboxylic acids is 1. The molecule has 0 aliphatic carbocycles. The van der Waals surface area contributed by atoms with Gasteiger partial charge in [0.15, 0.2) is 0 Å². The summed E-state index contributed by atoms with van der Waals surface area (Å²) in [5.41, 5.74) is -0.654. The van der Waals surface area contributed by atoms with Gasteiger partial charge < -0.3 is 5.11 Å². The van der Waals surface area contributed by atoms with Crippen molar-refractivity contribution in [2.24, 2.45) is 10.8 Å². The van der Waals surface area contributed by atoms with Gasteiger partial charge in [-0.3, -0.25) is 4.79 Å². The Morgan fingerprint density at radius 3 is 2.17 bits per heavy atom. The molecule has 0 amide bonds. The van der Waals surface area contributed by atoms with E-state index in [0.29, 0.717) is 19.4 Å². The highest BCUT2D eigenvalue weighted by Gasteiger charge is 2.41. The second-order valence-corrected chi connectivity index (χ2v) is 8.00. The highest BCUT2D eigenvalue weighted by Crippen LogP contribution is 2.33. The highest BCUT2D eigenvalue weighted by molar-refractivity contribution is 5.74. The summed E-state index contributed by atoms with van der Waals surface area (Å²) in [5.74, 6) is -0.810. The average molecular weight is 331 g/mol. The molecule has 0 radical (unpaired) electrons. The fourth-order valence-corrected chi connectivity index (χ4v) is 2.53. The third-order valence-electron chi connectivity index (χ3n) is 4.59. The Labute approximate surface area is 142 Å². The smallest absolute Gasteiger partial charge is 0.312 e. The molecule has 0 fully saturated rings. The van der Waals surface area contributed by atoms with Gasteiger partial charge in [0, 0.05) is 0 Å². The van der Waals surface area contributed by atoms with Crippen molar-refractivity contribution in [3.63, 3.8) is 0 Å². The Morgan fingerprint density at radius 1 is 1.04 bits per heavy atom. The van der Waals surface area contributed by atoms with E-state index >= 15 is 0 Å². The largest absolute Gasteiger partial charge is 0.481 e. The van der Waals surface area contributed by atoms with Crippen LogP contribution in [0.5, 0.6) is 0 Å². The standard InChI is InChI=1S/C19H38O4/c1-7-9-10-11-15-22-23-16(13-12-14-18(3,4)5)19(6,8-2)17(20)21/h16H,7-15H2,1-6H3,(H,20,21). The second-order valence-electron chi connectivity index (χ2n) is 8.00. The fraction of sp³-hybridized carbons (Fsp3) is 0.947. The van der Waals surface area contributed by atoms with Gasteiger partial charge in [-0.25, -0.2) is 9.78 Å². The van der Waals surface area contributed by atoms with Gasteiger partial charge in [-0.15, -0.1) is 0 Å². The summed E-state index contributed by atoms with van der Waals surface area (Å²) >= 11 is 0. The molecule has 2 unspecified atom stereocenters. The summed E-state index contributed by atoms with van der Waals surface area (Å²) in [4.78, 5) is 22.6. The number of hydrogen-bond donors (Lipinski definition) is 1. The fourth-order valence-electron chi connectivity index (χ4n) is 2.53. The molecule has 4 heteroatoms. The van der Waals surface area contributed by atoms with E-state index < -0.39 is 17.5 Å². The van der Waals surface area contributed by atoms with E-state index in [1.165, 1.54) is 12.8 Å². The SMILES string of the molecule is CCCCCCOOC(CCCC(C)(C)C)C(C)(CC)C(=O)O. The third kappa shape index (κ3) is 9.31. The lowest BCUT2D eigenvalue weighted by molar-refractivity contribution is -0.343. The predicted octanol–water partition coefficient (Wildman–Crippen LogP) is 5.60. The van der Waals surface area contributed by atoms with Crippen molar-refractivity contribution in [1.82, 2.24) is 0 Å². The van der Waals surface area contributed by atoms with Gasteiger partial charge in [-0.2, -0.15) is 0 Å². The zero-order chi connectivity index (χ0) is 17.9. The molecular weight excluding hydrogens is 292 g/mol. The van der Waals surface area contributed by atoms with Crippen molar-refractivity contribution in [2.75, 3.05) is 6.61 Å². The first kappa shape index (κ1) is 22.4. The Hall–Kier alpha value is -0.610. The van der Waals surface area contributed by atoms with Crippen LogP contribution in [0.4, 0.5) is 0 Å². The van der Waals surface area contributed by atoms with Crippen LogP contribution in [0.2, 0.25) is 0 Å². The van der Waals surface area contributed by atoms with Crippen molar-refractivity contribution in [3.05, 3.63) is 0 Å². The third-order valence-corrected chi connectivity index (χ3v) is 4.59. The first-order valence-electron chi connectivity index (χ1n) is 9.19. The van der Waals surface area contributed by atoms with E-state index in [0.717, 1.165) is 25.7 Å². The predicted molar refractivity (Wildman–Crippen MR) is 94.3 cm³/mol. The van der Waals surface area contributed by atoms with Gasteiger partial charge in [0.1, 0.15) is 6.10 Å². The van der Waals surface area contributed by atoms with Crippen LogP contribution >= 0.6 is 0 Å². The van der Waals surface area contributed by atoms with Gasteiger partial charge in [-0.1, -0.05) is 60.3 Å². The maximum absolute atomic E-state index is 11.7. The van der Waals surface area contributed by atoms with E-state index in [-0.39, 0.29) is 5.41 Å². The summed E-state index contributed by atoms with van der Waals surface area (Å²) in [5, 5.41) is 9.60. The van der Waals surface area contributed by atoms with Crippen LogP contribution in [0.15, 0.2) is 0 Å². The van der Waals surface area contributed by atoms with Gasteiger partial charge in [0.05, 0.1) is 12.0 Å². The van der Waals surface area contributed by atoms with Crippen molar-refractivity contribution in [2.45, 2.75) is 99.0 Å². The number of carboxylic acids is 1. The van der Waals surface area contributed by atoms with Gasteiger partial charge in [-0.05, 0) is 38.0 Å². The van der Waals surface area contributed by atoms with Crippen LogP contribution in [0, 0.1) is 10.8 Å². The molecule has 0 aromatic rings. The van der Waals surface area contributed by atoms with E-state index in [1.807, 2.05) is 6.92 Å². The van der Waals surface area contributed by atoms with Gasteiger partial charge in [0.2, 0.25) is 0 Å². The molecule has 0 saturated heterocycles. The molecule has 0 bridgehead atoms. The Kier molecular flexibility index (Phi) is 10.7. The number of rotatable bonds is 13. The van der Waals surface area contributed by atoms with E-state index in [9.17, 15) is 9.90 Å². The van der Waals surface area contributed by atoms with Crippen LogP contribution in [0.25, 0.3) is 0 Å². The monoisotopic (exact) mass is 330 g/mol. The molecule has 0 heterocycles. The summed E-state index contributed by atoms with van der Waals surface area (Å²) in [7, 11) is 0. The molecule has 1 N–H and O–H groups in total. The minimum atomic E-state index is -0.901. The van der Waals surface area contributed by atoms with E-state index in [4.69, 9.17) is 9.78 Å². The topological polar surface area (TPSA) is 55.8 Å². The zero-order valence-electron chi connectivity index (χ0n) is 16.1. The number of carbonyl (C=O) groups is 1. The molecule has 0 aliphatic rings. The molecule has 0 rings (SSSR count). The molecule has 23 heavy (non-hydrogen) atoms. The zero-order valence-corrected chi connectivity index (χ0v) is 16.1. The molecule has 0 aromatic heterocycles. The van der Waals surface area contributed by atoms with Crippen LogP contribution in [-0.4, -0.2) is 23.8 Å². The van der Waals surface area contributed by atoms with Gasteiger partial charge in [0.25, 0.3) is 0 Å². The van der Waals surface area contributed by atoms with E-state index in [2.05, 4.69) is 27.7 Å². The van der Waals surface area contributed by atoms with Crippen molar-refractivity contribution in [1.29, 1.82) is 0 Å². The first-order chi connectivity index (χ1) is 10.7. The lowest BCUT2D eigenvalue weighted by Crippen LogP contribution is -2.41. The molecule has 4 nitrogen and oxygen atoms in total. The maximum atomic E-state index is 11.7. The van der Waals surface area contributed by atoms with E-state index in [1.54, 1.807) is 6.92 Å². The normalized spacial score (nSPS) is 16.1. The van der Waals surface area contributed by atoms with Crippen molar-refractivity contribution in [3.8, 4) is 0 Å². The summed E-state index contributed by atoms with van der Waals surface area (Å²) in [6.07, 6.45) is 7.28. The highest BCUT2D eigenvalue weighted by atomic mass is 17.2. The molecular formula is C19H38O4. The maximum Gasteiger partial charge on any atom is 0.312 e. The Morgan fingerprint density at radius 2 is 1.70 bits per heavy atom. The lowest BCUT2D eigenvalue weighted by atomic mass is 9.78. The minimum absolute atomic E-state index is 0.247. The second kappa shape index (κ2) is 11.0. The quantitative estimate of drug-likeness (QED) is 0.271. The first-order valence-corrected chi connectivity index (χ1v) is 9.19. The number of unbranched alkanes of at least 4 members (excludes halogenated alkanes) is 3. The molecule has 0 aromatic carbocycles. The molecule has 0 saturated carbocycles. The lowest BCUT2D eigenvalue weighted by Gasteiger charge is -2.32. The average Bonchev–Trinajstić information content (AvgIpc) is 2.46. The number of hydrogen-bond acceptors (Lipinski definition) is 3. The van der Waals surface area contributed by atoms with Crippen LogP contribution in [-0.2, 0) is 14.6 Å². The summed E-state index contributed by atoms with van der Waals surface area (Å²) < 4.78 is 0. The molecule has 0 spiro atoms. The molecule has 138 valence electrons. The number of carboxylic acid groups (broad SMARTS) is 1. The Balaban J connectivity index is 4.52. The summed E-state index contributed by atoms with van der Waals surface area (Å²) in [6.45, 7) is 13.0. The van der Waals surface area contributed by atoms with Crippen molar-refractivity contribution < 1.29 is 19.7 Å².